The van der Waals surface area contributed by atoms with Gasteiger partial charge in [-0.05, 0) is 48.7 Å². The number of rotatable bonds is 2. The summed E-state index contributed by atoms with van der Waals surface area (Å²) in [5.74, 6) is 0.815. The van der Waals surface area contributed by atoms with Gasteiger partial charge in [-0.1, -0.05) is 42.5 Å². The molecule has 5 rings (SSSR count). The van der Waals surface area contributed by atoms with Crippen LogP contribution in [0, 0.1) is 13.8 Å². The molecule has 0 saturated carbocycles. The summed E-state index contributed by atoms with van der Waals surface area (Å²) in [7, 11) is 0. The van der Waals surface area contributed by atoms with Crippen molar-refractivity contribution in [3.05, 3.63) is 93.8 Å². The molecule has 1 aliphatic rings. The van der Waals surface area contributed by atoms with E-state index in [1.54, 1.807) is 6.07 Å². The van der Waals surface area contributed by atoms with E-state index in [9.17, 15) is 4.79 Å². The molecule has 0 N–H and O–H groups in total. The maximum Gasteiger partial charge on any atom is 0.336 e. The lowest BCUT2D eigenvalue weighted by Crippen LogP contribution is -2.32. The van der Waals surface area contributed by atoms with E-state index in [2.05, 4.69) is 42.2 Å². The first-order valence-corrected chi connectivity index (χ1v) is 9.70. The SMILES string of the molecule is Cc1cccc(N2COc3c(cc4c(-c5ccccc5)cc(=O)oc4c3C)C2)c1. The van der Waals surface area contributed by atoms with Gasteiger partial charge in [-0.2, -0.15) is 0 Å². The topological polar surface area (TPSA) is 42.7 Å². The highest BCUT2D eigenvalue weighted by Gasteiger charge is 2.23. The van der Waals surface area contributed by atoms with Crippen LogP contribution < -0.4 is 15.3 Å². The van der Waals surface area contributed by atoms with Gasteiger partial charge in [0.15, 0.2) is 6.73 Å². The average Bonchev–Trinajstić information content (AvgIpc) is 2.74. The van der Waals surface area contributed by atoms with E-state index in [-0.39, 0.29) is 5.63 Å². The first-order chi connectivity index (χ1) is 14.1. The van der Waals surface area contributed by atoms with Crippen molar-refractivity contribution in [1.82, 2.24) is 0 Å². The van der Waals surface area contributed by atoms with Crippen LogP contribution in [-0.2, 0) is 6.54 Å². The van der Waals surface area contributed by atoms with Crippen LogP contribution in [0.5, 0.6) is 5.75 Å². The smallest absolute Gasteiger partial charge is 0.336 e. The van der Waals surface area contributed by atoms with Crippen molar-refractivity contribution < 1.29 is 9.15 Å². The zero-order chi connectivity index (χ0) is 20.0. The van der Waals surface area contributed by atoms with Crippen LogP contribution in [0.1, 0.15) is 16.7 Å². The van der Waals surface area contributed by atoms with E-state index in [0.29, 0.717) is 12.3 Å². The van der Waals surface area contributed by atoms with E-state index in [0.717, 1.165) is 45.6 Å². The molecular formula is C25H21NO3. The van der Waals surface area contributed by atoms with Gasteiger partial charge in [-0.25, -0.2) is 4.79 Å². The lowest BCUT2D eigenvalue weighted by atomic mass is 9.97. The molecule has 0 unspecified atom stereocenters. The highest BCUT2D eigenvalue weighted by Crippen LogP contribution is 2.39. The Bertz CT molecular complexity index is 1270. The molecule has 0 saturated heterocycles. The zero-order valence-corrected chi connectivity index (χ0v) is 16.4. The predicted molar refractivity (Wildman–Crippen MR) is 116 cm³/mol. The molecule has 0 fully saturated rings. The van der Waals surface area contributed by atoms with E-state index in [4.69, 9.17) is 9.15 Å². The van der Waals surface area contributed by atoms with Crippen molar-refractivity contribution >= 4 is 16.7 Å². The van der Waals surface area contributed by atoms with Crippen LogP contribution in [0.25, 0.3) is 22.1 Å². The number of fused-ring (bicyclic) bond motifs is 2. The van der Waals surface area contributed by atoms with Crippen molar-refractivity contribution in [3.63, 3.8) is 0 Å². The van der Waals surface area contributed by atoms with Gasteiger partial charge in [0.2, 0.25) is 0 Å². The molecule has 0 spiro atoms. The standard InChI is InChI=1S/C25H21NO3/c1-16-7-6-10-20(11-16)26-14-19-12-22-21(18-8-4-3-5-9-18)13-23(27)29-25(22)17(2)24(19)28-15-26/h3-13H,14-15H2,1-2H3. The molecule has 29 heavy (non-hydrogen) atoms. The highest BCUT2D eigenvalue weighted by atomic mass is 16.5. The molecule has 4 nitrogen and oxygen atoms in total. The first kappa shape index (κ1) is 17.6. The third-order valence-electron chi connectivity index (χ3n) is 5.47. The van der Waals surface area contributed by atoms with E-state index >= 15 is 0 Å². The van der Waals surface area contributed by atoms with Crippen molar-refractivity contribution in [1.29, 1.82) is 0 Å². The van der Waals surface area contributed by atoms with E-state index in [1.807, 2.05) is 37.3 Å². The maximum atomic E-state index is 12.3. The molecule has 144 valence electrons. The summed E-state index contributed by atoms with van der Waals surface area (Å²) < 4.78 is 11.7. The number of hydrogen-bond donors (Lipinski definition) is 0. The third kappa shape index (κ3) is 3.07. The number of benzene rings is 3. The Hall–Kier alpha value is -3.53. The molecule has 4 aromatic rings. The monoisotopic (exact) mass is 383 g/mol. The molecular weight excluding hydrogens is 362 g/mol. The fraction of sp³-hybridized carbons (Fsp3) is 0.160. The zero-order valence-electron chi connectivity index (χ0n) is 16.4. The summed E-state index contributed by atoms with van der Waals surface area (Å²) >= 11 is 0. The molecule has 0 radical (unpaired) electrons. The fourth-order valence-electron chi connectivity index (χ4n) is 4.07. The van der Waals surface area contributed by atoms with Crippen LogP contribution in [0.15, 0.2) is 75.9 Å². The summed E-state index contributed by atoms with van der Waals surface area (Å²) in [6.45, 7) is 5.25. The molecule has 2 heterocycles. The quantitative estimate of drug-likeness (QED) is 0.433. The lowest BCUT2D eigenvalue weighted by Gasteiger charge is -2.32. The Labute approximate surface area is 169 Å². The largest absolute Gasteiger partial charge is 0.472 e. The van der Waals surface area contributed by atoms with Gasteiger partial charge in [0.25, 0.3) is 0 Å². The minimum Gasteiger partial charge on any atom is -0.472 e. The Morgan fingerprint density at radius 3 is 2.55 bits per heavy atom. The van der Waals surface area contributed by atoms with Gasteiger partial charge >= 0.3 is 5.63 Å². The van der Waals surface area contributed by atoms with Crippen molar-refractivity contribution in [2.75, 3.05) is 11.6 Å². The number of nitrogens with zero attached hydrogens (tertiary/aromatic N) is 1. The minimum absolute atomic E-state index is 0.350. The van der Waals surface area contributed by atoms with Gasteiger partial charge < -0.3 is 14.1 Å². The number of anilines is 1. The Morgan fingerprint density at radius 1 is 0.931 bits per heavy atom. The Kier molecular flexibility index (Phi) is 4.13. The second-order valence-electron chi connectivity index (χ2n) is 7.52. The second kappa shape index (κ2) is 6.82. The number of aryl methyl sites for hydroxylation is 2. The lowest BCUT2D eigenvalue weighted by molar-refractivity contribution is 0.287. The van der Waals surface area contributed by atoms with Crippen LogP contribution in [0.2, 0.25) is 0 Å². The third-order valence-corrected chi connectivity index (χ3v) is 5.47. The first-order valence-electron chi connectivity index (χ1n) is 9.70. The van der Waals surface area contributed by atoms with Crippen molar-refractivity contribution in [3.8, 4) is 16.9 Å². The van der Waals surface area contributed by atoms with Crippen molar-refractivity contribution in [2.24, 2.45) is 0 Å². The fourth-order valence-corrected chi connectivity index (χ4v) is 4.07. The summed E-state index contributed by atoms with van der Waals surface area (Å²) in [6.07, 6.45) is 0. The van der Waals surface area contributed by atoms with Gasteiger partial charge in [-0.15, -0.1) is 0 Å². The Balaban J connectivity index is 1.68. The van der Waals surface area contributed by atoms with Gasteiger partial charge in [-0.3, -0.25) is 0 Å². The van der Waals surface area contributed by atoms with Crippen LogP contribution >= 0.6 is 0 Å². The summed E-state index contributed by atoms with van der Waals surface area (Å²) in [5, 5.41) is 0.932. The Morgan fingerprint density at radius 2 is 1.76 bits per heavy atom. The normalized spacial score (nSPS) is 13.2. The molecule has 1 aromatic heterocycles. The molecule has 0 aliphatic carbocycles. The van der Waals surface area contributed by atoms with E-state index in [1.165, 1.54) is 5.56 Å². The van der Waals surface area contributed by atoms with Gasteiger partial charge in [0.1, 0.15) is 11.3 Å². The summed E-state index contributed by atoms with van der Waals surface area (Å²) in [5.41, 5.74) is 6.45. The van der Waals surface area contributed by atoms with Gasteiger partial charge in [0.05, 0.1) is 0 Å². The molecule has 3 aromatic carbocycles. The summed E-state index contributed by atoms with van der Waals surface area (Å²) in [6, 6.07) is 22.0. The highest BCUT2D eigenvalue weighted by molar-refractivity contribution is 5.96. The van der Waals surface area contributed by atoms with Crippen LogP contribution in [0.3, 0.4) is 0 Å². The number of ether oxygens (including phenoxy) is 1. The van der Waals surface area contributed by atoms with E-state index < -0.39 is 0 Å². The molecule has 0 amide bonds. The molecule has 0 atom stereocenters. The second-order valence-corrected chi connectivity index (χ2v) is 7.52. The predicted octanol–water partition coefficient (Wildman–Crippen LogP) is 5.43. The minimum atomic E-state index is -0.350. The van der Waals surface area contributed by atoms with Crippen LogP contribution in [0.4, 0.5) is 5.69 Å². The average molecular weight is 383 g/mol. The number of hydrogen-bond acceptors (Lipinski definition) is 4. The molecule has 4 heteroatoms. The molecule has 0 bridgehead atoms. The van der Waals surface area contributed by atoms with Gasteiger partial charge in [0, 0.05) is 34.8 Å². The maximum absolute atomic E-state index is 12.3. The van der Waals surface area contributed by atoms with Crippen LogP contribution in [-0.4, -0.2) is 6.73 Å². The summed E-state index contributed by atoms with van der Waals surface area (Å²) in [4.78, 5) is 14.5. The van der Waals surface area contributed by atoms with Crippen molar-refractivity contribution in [2.45, 2.75) is 20.4 Å². The molecule has 1 aliphatic heterocycles.